The Morgan fingerprint density at radius 3 is 2.89 bits per heavy atom. The molecule has 0 aliphatic heterocycles. The highest BCUT2D eigenvalue weighted by Crippen LogP contribution is 2.31. The molecular formula is C14H18N2O2. The minimum atomic E-state index is -0.507. The number of rotatable bonds is 4. The standard InChI is InChI=1S/C14H18N2O2/c17-12-7-9-3-1-2-4-11(9)14(12)16-13(18)8-15-10-5-6-10/h1-4,10,12,14-15,17H,5-8H2,(H,16,18)/t12-,14+/m0/s1. The number of aliphatic hydroxyl groups is 1. The van der Waals surface area contributed by atoms with Crippen molar-refractivity contribution in [2.75, 3.05) is 6.54 Å². The van der Waals surface area contributed by atoms with Crippen molar-refractivity contribution in [3.05, 3.63) is 35.4 Å². The van der Waals surface area contributed by atoms with Crippen LogP contribution in [0.25, 0.3) is 0 Å². The van der Waals surface area contributed by atoms with Crippen molar-refractivity contribution in [1.29, 1.82) is 0 Å². The molecule has 1 aromatic carbocycles. The van der Waals surface area contributed by atoms with Gasteiger partial charge in [-0.05, 0) is 24.0 Å². The molecule has 3 N–H and O–H groups in total. The maximum atomic E-state index is 11.8. The Balaban J connectivity index is 1.62. The summed E-state index contributed by atoms with van der Waals surface area (Å²) in [5.74, 6) is -0.0392. The van der Waals surface area contributed by atoms with E-state index in [9.17, 15) is 9.90 Å². The lowest BCUT2D eigenvalue weighted by atomic mass is 10.1. The summed E-state index contributed by atoms with van der Waals surface area (Å²) in [7, 11) is 0. The normalized spacial score (nSPS) is 25.8. The van der Waals surface area contributed by atoms with Crippen molar-refractivity contribution < 1.29 is 9.90 Å². The van der Waals surface area contributed by atoms with Crippen LogP contribution in [0.2, 0.25) is 0 Å². The molecule has 1 saturated carbocycles. The first-order valence-corrected chi connectivity index (χ1v) is 6.52. The molecule has 2 aliphatic carbocycles. The molecule has 0 aromatic heterocycles. The molecule has 0 radical (unpaired) electrons. The molecule has 2 aliphatic rings. The number of amides is 1. The summed E-state index contributed by atoms with van der Waals surface area (Å²) in [5.41, 5.74) is 2.18. The molecule has 0 bridgehead atoms. The molecular weight excluding hydrogens is 228 g/mol. The Kier molecular flexibility index (Phi) is 3.06. The van der Waals surface area contributed by atoms with Crippen LogP contribution in [0.1, 0.15) is 30.0 Å². The first-order valence-electron chi connectivity index (χ1n) is 6.52. The average Bonchev–Trinajstić information content (AvgIpc) is 3.14. The zero-order chi connectivity index (χ0) is 12.5. The second kappa shape index (κ2) is 4.71. The van der Waals surface area contributed by atoms with Crippen molar-refractivity contribution >= 4 is 5.91 Å². The van der Waals surface area contributed by atoms with Crippen LogP contribution in [0.4, 0.5) is 0 Å². The second-order valence-corrected chi connectivity index (χ2v) is 5.17. The van der Waals surface area contributed by atoms with Crippen molar-refractivity contribution in [2.45, 2.75) is 37.5 Å². The van der Waals surface area contributed by atoms with Crippen LogP contribution in [0.15, 0.2) is 24.3 Å². The van der Waals surface area contributed by atoms with E-state index in [2.05, 4.69) is 10.6 Å². The van der Waals surface area contributed by atoms with Crippen molar-refractivity contribution in [1.82, 2.24) is 10.6 Å². The molecule has 1 aromatic rings. The fourth-order valence-corrected chi connectivity index (χ4v) is 2.50. The molecule has 4 heteroatoms. The number of hydrogen-bond acceptors (Lipinski definition) is 3. The van der Waals surface area contributed by atoms with E-state index >= 15 is 0 Å². The molecule has 0 unspecified atom stereocenters. The quantitative estimate of drug-likeness (QED) is 0.725. The number of aliphatic hydroxyl groups excluding tert-OH is 1. The molecule has 0 saturated heterocycles. The molecule has 18 heavy (non-hydrogen) atoms. The predicted octanol–water partition coefficient (Wildman–Crippen LogP) is 0.513. The maximum Gasteiger partial charge on any atom is 0.234 e. The number of carbonyl (C=O) groups is 1. The summed E-state index contributed by atoms with van der Waals surface area (Å²) in [6, 6.07) is 8.16. The van der Waals surface area contributed by atoms with Gasteiger partial charge in [0.15, 0.2) is 0 Å². The highest BCUT2D eigenvalue weighted by Gasteiger charge is 2.32. The van der Waals surface area contributed by atoms with Crippen LogP contribution in [0, 0.1) is 0 Å². The van der Waals surface area contributed by atoms with Gasteiger partial charge in [0.05, 0.1) is 18.7 Å². The van der Waals surface area contributed by atoms with E-state index in [4.69, 9.17) is 0 Å². The lowest BCUT2D eigenvalue weighted by molar-refractivity contribution is -0.121. The van der Waals surface area contributed by atoms with E-state index in [1.165, 1.54) is 12.8 Å². The van der Waals surface area contributed by atoms with E-state index in [1.54, 1.807) is 0 Å². The first kappa shape index (κ1) is 11.7. The van der Waals surface area contributed by atoms with Gasteiger partial charge < -0.3 is 15.7 Å². The van der Waals surface area contributed by atoms with Crippen molar-refractivity contribution in [2.24, 2.45) is 0 Å². The third kappa shape index (κ3) is 2.40. The van der Waals surface area contributed by atoms with Crippen LogP contribution >= 0.6 is 0 Å². The van der Waals surface area contributed by atoms with Gasteiger partial charge in [-0.2, -0.15) is 0 Å². The Labute approximate surface area is 106 Å². The lowest BCUT2D eigenvalue weighted by Crippen LogP contribution is -2.39. The van der Waals surface area contributed by atoms with Gasteiger partial charge in [-0.3, -0.25) is 4.79 Å². The second-order valence-electron chi connectivity index (χ2n) is 5.17. The smallest absolute Gasteiger partial charge is 0.234 e. The van der Waals surface area contributed by atoms with Crippen LogP contribution in [0.5, 0.6) is 0 Å². The highest BCUT2D eigenvalue weighted by atomic mass is 16.3. The van der Waals surface area contributed by atoms with Gasteiger partial charge in [0.2, 0.25) is 5.91 Å². The summed E-state index contributed by atoms with van der Waals surface area (Å²) in [5, 5.41) is 16.1. The van der Waals surface area contributed by atoms with E-state index < -0.39 is 6.10 Å². The third-order valence-electron chi connectivity index (χ3n) is 3.65. The van der Waals surface area contributed by atoms with E-state index in [0.717, 1.165) is 11.1 Å². The van der Waals surface area contributed by atoms with Gasteiger partial charge in [-0.1, -0.05) is 24.3 Å². The third-order valence-corrected chi connectivity index (χ3v) is 3.65. The highest BCUT2D eigenvalue weighted by molar-refractivity contribution is 5.78. The number of hydrogen-bond donors (Lipinski definition) is 3. The largest absolute Gasteiger partial charge is 0.390 e. The van der Waals surface area contributed by atoms with E-state index in [-0.39, 0.29) is 11.9 Å². The van der Waals surface area contributed by atoms with Gasteiger partial charge >= 0.3 is 0 Å². The molecule has 96 valence electrons. The number of fused-ring (bicyclic) bond motifs is 1. The SMILES string of the molecule is O=C(CNC1CC1)N[C@@H]1c2ccccc2C[C@@H]1O. The number of nitrogens with one attached hydrogen (secondary N) is 2. The van der Waals surface area contributed by atoms with E-state index in [1.807, 2.05) is 24.3 Å². The molecule has 3 rings (SSSR count). The molecule has 2 atom stereocenters. The van der Waals surface area contributed by atoms with Gasteiger partial charge in [0.1, 0.15) is 0 Å². The van der Waals surface area contributed by atoms with Crippen molar-refractivity contribution in [3.8, 4) is 0 Å². The molecule has 0 heterocycles. The first-order chi connectivity index (χ1) is 8.74. The summed E-state index contributed by atoms with van der Waals surface area (Å²) in [6.07, 6.45) is 2.45. The Morgan fingerprint density at radius 1 is 1.33 bits per heavy atom. The molecule has 4 nitrogen and oxygen atoms in total. The summed E-state index contributed by atoms with van der Waals surface area (Å²) in [4.78, 5) is 11.8. The van der Waals surface area contributed by atoms with Crippen LogP contribution in [0.3, 0.4) is 0 Å². The van der Waals surface area contributed by atoms with Gasteiger partial charge in [-0.25, -0.2) is 0 Å². The fourth-order valence-electron chi connectivity index (χ4n) is 2.50. The van der Waals surface area contributed by atoms with Crippen molar-refractivity contribution in [3.63, 3.8) is 0 Å². The topological polar surface area (TPSA) is 61.4 Å². The van der Waals surface area contributed by atoms with Crippen LogP contribution in [-0.4, -0.2) is 29.7 Å². The van der Waals surface area contributed by atoms with Gasteiger partial charge in [0.25, 0.3) is 0 Å². The molecule has 1 fully saturated rings. The molecule has 1 amide bonds. The van der Waals surface area contributed by atoms with Gasteiger partial charge in [-0.15, -0.1) is 0 Å². The minimum Gasteiger partial charge on any atom is -0.390 e. The van der Waals surface area contributed by atoms with Crippen LogP contribution < -0.4 is 10.6 Å². The number of benzene rings is 1. The van der Waals surface area contributed by atoms with Crippen LogP contribution in [-0.2, 0) is 11.2 Å². The Bertz CT molecular complexity index is 457. The zero-order valence-electron chi connectivity index (χ0n) is 10.2. The summed E-state index contributed by atoms with van der Waals surface area (Å²) < 4.78 is 0. The summed E-state index contributed by atoms with van der Waals surface area (Å²) >= 11 is 0. The number of carbonyl (C=O) groups excluding carboxylic acids is 1. The van der Waals surface area contributed by atoms with Gasteiger partial charge in [0, 0.05) is 12.5 Å². The summed E-state index contributed by atoms with van der Waals surface area (Å²) in [6.45, 7) is 0.343. The fraction of sp³-hybridized carbons (Fsp3) is 0.500. The Hall–Kier alpha value is -1.39. The zero-order valence-corrected chi connectivity index (χ0v) is 10.2. The Morgan fingerprint density at radius 2 is 2.11 bits per heavy atom. The molecule has 0 spiro atoms. The van der Waals surface area contributed by atoms with E-state index in [0.29, 0.717) is 19.0 Å². The minimum absolute atomic E-state index is 0.0392. The predicted molar refractivity (Wildman–Crippen MR) is 68.1 cm³/mol. The average molecular weight is 246 g/mol. The maximum absolute atomic E-state index is 11.8. The lowest BCUT2D eigenvalue weighted by Gasteiger charge is -2.18. The monoisotopic (exact) mass is 246 g/mol.